The Morgan fingerprint density at radius 3 is 2.62 bits per heavy atom. The van der Waals surface area contributed by atoms with E-state index in [0.717, 1.165) is 12.1 Å². The van der Waals surface area contributed by atoms with Gasteiger partial charge in [0.15, 0.2) is 0 Å². The molecule has 1 aromatic heterocycles. The van der Waals surface area contributed by atoms with Crippen molar-refractivity contribution in [3.05, 3.63) is 71.4 Å². The summed E-state index contributed by atoms with van der Waals surface area (Å²) in [5.74, 6) is -0.564. The predicted octanol–water partition coefficient (Wildman–Crippen LogP) is 4.87. The first kappa shape index (κ1) is 19.1. The second-order valence-electron chi connectivity index (χ2n) is 6.70. The van der Waals surface area contributed by atoms with Gasteiger partial charge in [0.25, 0.3) is 5.91 Å². The van der Waals surface area contributed by atoms with Crippen molar-refractivity contribution in [2.75, 3.05) is 6.54 Å². The average Bonchev–Trinajstić information content (AvgIpc) is 3.37. The molecule has 4 rings (SSSR count). The molecule has 0 radical (unpaired) electrons. The molecule has 5 nitrogen and oxygen atoms in total. The lowest BCUT2D eigenvalue weighted by Gasteiger charge is -2.21. The highest BCUT2D eigenvalue weighted by Gasteiger charge is 2.35. The van der Waals surface area contributed by atoms with E-state index in [9.17, 15) is 22.4 Å². The van der Waals surface area contributed by atoms with E-state index in [-0.39, 0.29) is 23.2 Å². The largest absolute Gasteiger partial charge is 0.416 e. The summed E-state index contributed by atoms with van der Waals surface area (Å²) in [7, 11) is 0. The lowest BCUT2D eigenvalue weighted by molar-refractivity contribution is -0.137. The van der Waals surface area contributed by atoms with Gasteiger partial charge in [-0.1, -0.05) is 17.3 Å². The van der Waals surface area contributed by atoms with Gasteiger partial charge < -0.3 is 9.42 Å². The van der Waals surface area contributed by atoms with Gasteiger partial charge in [0.2, 0.25) is 11.7 Å². The highest BCUT2D eigenvalue weighted by atomic mass is 19.4. The average molecular weight is 405 g/mol. The first-order valence-electron chi connectivity index (χ1n) is 8.91. The fraction of sp³-hybridized carbons (Fsp3) is 0.250. The second-order valence-corrected chi connectivity index (χ2v) is 6.70. The maximum absolute atomic E-state index is 13.1. The lowest BCUT2D eigenvalue weighted by Crippen LogP contribution is -2.30. The summed E-state index contributed by atoms with van der Waals surface area (Å²) < 4.78 is 57.2. The number of hydrogen-bond donors (Lipinski definition) is 0. The summed E-state index contributed by atoms with van der Waals surface area (Å²) in [4.78, 5) is 18.5. The SMILES string of the molecule is O=C(c1ccc(F)cc1)N1CCC[C@H]1c1nc(-c2cccc(C(F)(F)F)c2)no1. The maximum atomic E-state index is 13.1. The summed E-state index contributed by atoms with van der Waals surface area (Å²) in [5, 5.41) is 3.79. The van der Waals surface area contributed by atoms with Crippen LogP contribution in [0.4, 0.5) is 17.6 Å². The quantitative estimate of drug-likeness (QED) is 0.584. The number of benzene rings is 2. The predicted molar refractivity (Wildman–Crippen MR) is 94.1 cm³/mol. The maximum Gasteiger partial charge on any atom is 0.416 e. The Kier molecular flexibility index (Phi) is 4.81. The molecule has 3 aromatic rings. The van der Waals surface area contributed by atoms with E-state index in [2.05, 4.69) is 10.1 Å². The van der Waals surface area contributed by atoms with E-state index in [1.54, 1.807) is 4.90 Å². The molecule has 1 saturated heterocycles. The number of amides is 1. The Labute approximate surface area is 162 Å². The molecule has 1 aliphatic rings. The Balaban J connectivity index is 1.59. The first-order chi connectivity index (χ1) is 13.8. The summed E-state index contributed by atoms with van der Waals surface area (Å²) in [6.45, 7) is 0.460. The molecular formula is C20H15F4N3O2. The van der Waals surface area contributed by atoms with Crippen molar-refractivity contribution >= 4 is 5.91 Å². The van der Waals surface area contributed by atoms with Crippen LogP contribution in [0.3, 0.4) is 0 Å². The number of aromatic nitrogens is 2. The molecule has 1 amide bonds. The van der Waals surface area contributed by atoms with Gasteiger partial charge in [0, 0.05) is 17.7 Å². The molecule has 1 fully saturated rings. The van der Waals surface area contributed by atoms with Crippen LogP contribution in [-0.2, 0) is 6.18 Å². The molecule has 0 saturated carbocycles. The molecule has 9 heteroatoms. The molecule has 29 heavy (non-hydrogen) atoms. The smallest absolute Gasteiger partial charge is 0.337 e. The van der Waals surface area contributed by atoms with Crippen molar-refractivity contribution in [2.24, 2.45) is 0 Å². The van der Waals surface area contributed by atoms with Crippen molar-refractivity contribution in [3.63, 3.8) is 0 Å². The molecule has 0 unspecified atom stereocenters. The first-order valence-corrected chi connectivity index (χ1v) is 8.91. The molecule has 0 bridgehead atoms. The van der Waals surface area contributed by atoms with E-state index < -0.39 is 23.6 Å². The number of alkyl halides is 3. The molecule has 0 spiro atoms. The third-order valence-corrected chi connectivity index (χ3v) is 4.78. The van der Waals surface area contributed by atoms with Crippen molar-refractivity contribution in [1.82, 2.24) is 15.0 Å². The lowest BCUT2D eigenvalue weighted by atomic mass is 10.1. The minimum Gasteiger partial charge on any atom is -0.337 e. The van der Waals surface area contributed by atoms with Crippen LogP contribution in [0.15, 0.2) is 53.1 Å². The molecule has 2 heterocycles. The molecule has 0 aliphatic carbocycles. The van der Waals surface area contributed by atoms with E-state index >= 15 is 0 Å². The van der Waals surface area contributed by atoms with E-state index in [4.69, 9.17) is 4.52 Å². The van der Waals surface area contributed by atoms with Crippen LogP contribution in [0.2, 0.25) is 0 Å². The van der Waals surface area contributed by atoms with Crippen molar-refractivity contribution in [3.8, 4) is 11.4 Å². The van der Waals surface area contributed by atoms with E-state index in [1.165, 1.54) is 36.4 Å². The van der Waals surface area contributed by atoms with E-state index in [1.807, 2.05) is 0 Å². The standard InChI is InChI=1S/C20H15F4N3O2/c21-15-8-6-12(7-9-15)19(28)27-10-2-5-16(27)18-25-17(26-29-18)13-3-1-4-14(11-13)20(22,23)24/h1,3-4,6-9,11,16H,2,5,10H2/t16-/m0/s1. The van der Waals surface area contributed by atoms with Gasteiger partial charge in [-0.25, -0.2) is 4.39 Å². The fourth-order valence-corrected chi connectivity index (χ4v) is 3.35. The summed E-state index contributed by atoms with van der Waals surface area (Å²) in [6.07, 6.45) is -3.19. The van der Waals surface area contributed by atoms with Gasteiger partial charge in [0.1, 0.15) is 11.9 Å². The van der Waals surface area contributed by atoms with Gasteiger partial charge in [-0.3, -0.25) is 4.79 Å². The zero-order valence-electron chi connectivity index (χ0n) is 15.0. The van der Waals surface area contributed by atoms with Crippen molar-refractivity contribution in [1.29, 1.82) is 0 Å². The van der Waals surface area contributed by atoms with Gasteiger partial charge in [-0.05, 0) is 49.2 Å². The summed E-state index contributed by atoms with van der Waals surface area (Å²) in [6, 6.07) is 9.36. The van der Waals surface area contributed by atoms with Crippen LogP contribution in [0.5, 0.6) is 0 Å². The van der Waals surface area contributed by atoms with Crippen LogP contribution in [0.25, 0.3) is 11.4 Å². The van der Waals surface area contributed by atoms with Gasteiger partial charge in [-0.2, -0.15) is 18.2 Å². The third-order valence-electron chi connectivity index (χ3n) is 4.78. The Bertz CT molecular complexity index is 1030. The Hall–Kier alpha value is -3.23. The molecule has 0 N–H and O–H groups in total. The molecule has 1 aliphatic heterocycles. The van der Waals surface area contributed by atoms with Gasteiger partial charge in [0.05, 0.1) is 5.56 Å². The van der Waals surface area contributed by atoms with Gasteiger partial charge >= 0.3 is 6.18 Å². The highest BCUT2D eigenvalue weighted by molar-refractivity contribution is 5.94. The molecule has 1 atom stereocenters. The highest BCUT2D eigenvalue weighted by Crippen LogP contribution is 2.35. The normalized spacial score (nSPS) is 17.0. The Morgan fingerprint density at radius 2 is 1.90 bits per heavy atom. The number of halogens is 4. The zero-order valence-corrected chi connectivity index (χ0v) is 15.0. The van der Waals surface area contributed by atoms with Crippen molar-refractivity contribution < 1.29 is 26.9 Å². The monoisotopic (exact) mass is 405 g/mol. The second kappa shape index (κ2) is 7.31. The zero-order chi connectivity index (χ0) is 20.6. The minimum atomic E-state index is -4.48. The number of carbonyl (C=O) groups excluding carboxylic acids is 1. The number of hydrogen-bond acceptors (Lipinski definition) is 4. The number of likely N-dealkylation sites (tertiary alicyclic amines) is 1. The number of carbonyl (C=O) groups is 1. The van der Waals surface area contributed by atoms with Crippen molar-refractivity contribution in [2.45, 2.75) is 25.1 Å². The van der Waals surface area contributed by atoms with Crippen LogP contribution < -0.4 is 0 Å². The fourth-order valence-electron chi connectivity index (χ4n) is 3.35. The van der Waals surface area contributed by atoms with Crippen LogP contribution >= 0.6 is 0 Å². The van der Waals surface area contributed by atoms with Crippen LogP contribution in [0, 0.1) is 5.82 Å². The van der Waals surface area contributed by atoms with Crippen LogP contribution in [0.1, 0.15) is 40.7 Å². The molecule has 150 valence electrons. The Morgan fingerprint density at radius 1 is 1.14 bits per heavy atom. The topological polar surface area (TPSA) is 59.2 Å². The van der Waals surface area contributed by atoms with E-state index in [0.29, 0.717) is 24.9 Å². The molecule has 2 aromatic carbocycles. The summed E-state index contributed by atoms with van der Waals surface area (Å²) in [5.41, 5.74) is -0.310. The minimum absolute atomic E-state index is 0.0205. The molecular weight excluding hydrogens is 390 g/mol. The third kappa shape index (κ3) is 3.85. The van der Waals surface area contributed by atoms with Gasteiger partial charge in [-0.15, -0.1) is 0 Å². The number of nitrogens with zero attached hydrogens (tertiary/aromatic N) is 3. The number of rotatable bonds is 3. The van der Waals surface area contributed by atoms with Crippen LogP contribution in [-0.4, -0.2) is 27.5 Å². The summed E-state index contributed by atoms with van der Waals surface area (Å²) >= 11 is 0.